The Labute approximate surface area is 119 Å². The van der Waals surface area contributed by atoms with Crippen LogP contribution in [0.5, 0.6) is 0 Å². The number of hydrogen-bond acceptors (Lipinski definition) is 6. The monoisotopic (exact) mass is 291 g/mol. The number of aromatic nitrogens is 2. The number of thioether (sulfide) groups is 1. The van der Waals surface area contributed by atoms with E-state index in [0.29, 0.717) is 33.1 Å². The van der Waals surface area contributed by atoms with Crippen LogP contribution in [0.4, 0.5) is 17.3 Å². The molecule has 19 heavy (non-hydrogen) atoms. The maximum Gasteiger partial charge on any atom is 0.191 e. The molecule has 2 rings (SSSR count). The number of anilines is 3. The van der Waals surface area contributed by atoms with Gasteiger partial charge in [-0.25, -0.2) is 9.97 Å². The second-order valence-electron chi connectivity index (χ2n) is 3.60. The van der Waals surface area contributed by atoms with Crippen molar-refractivity contribution >= 4 is 40.7 Å². The van der Waals surface area contributed by atoms with Crippen molar-refractivity contribution in [3.8, 4) is 6.07 Å². The third kappa shape index (κ3) is 3.28. The van der Waals surface area contributed by atoms with Crippen LogP contribution in [0, 0.1) is 11.3 Å². The number of benzene rings is 1. The van der Waals surface area contributed by atoms with Crippen molar-refractivity contribution in [3.05, 3.63) is 34.9 Å². The van der Waals surface area contributed by atoms with E-state index < -0.39 is 0 Å². The van der Waals surface area contributed by atoms with E-state index in [1.54, 1.807) is 24.3 Å². The number of rotatable bonds is 3. The highest BCUT2D eigenvalue weighted by Crippen LogP contribution is 2.26. The quantitative estimate of drug-likeness (QED) is 0.667. The Kier molecular flexibility index (Phi) is 4.10. The van der Waals surface area contributed by atoms with Crippen molar-refractivity contribution in [2.45, 2.75) is 5.16 Å². The molecule has 1 aromatic carbocycles. The SMILES string of the molecule is CSc1nc(N)cc(Nc2cc(C#N)ccc2Cl)n1. The van der Waals surface area contributed by atoms with Gasteiger partial charge in [0.15, 0.2) is 5.16 Å². The van der Waals surface area contributed by atoms with E-state index in [4.69, 9.17) is 22.6 Å². The van der Waals surface area contributed by atoms with Gasteiger partial charge in [-0.05, 0) is 24.5 Å². The number of nitrogens with two attached hydrogens (primary N) is 1. The second kappa shape index (κ2) is 5.78. The normalized spacial score (nSPS) is 9.95. The Morgan fingerprint density at radius 3 is 2.84 bits per heavy atom. The minimum Gasteiger partial charge on any atom is -0.383 e. The molecule has 0 amide bonds. The highest BCUT2D eigenvalue weighted by molar-refractivity contribution is 7.98. The fourth-order valence-electron chi connectivity index (χ4n) is 1.43. The smallest absolute Gasteiger partial charge is 0.191 e. The lowest BCUT2D eigenvalue weighted by Crippen LogP contribution is -2.00. The Morgan fingerprint density at radius 1 is 1.37 bits per heavy atom. The molecule has 0 aliphatic carbocycles. The number of nitrogens with one attached hydrogen (secondary N) is 1. The van der Waals surface area contributed by atoms with Gasteiger partial charge in [0.1, 0.15) is 11.6 Å². The van der Waals surface area contributed by atoms with Crippen LogP contribution in [0.3, 0.4) is 0 Å². The minimum absolute atomic E-state index is 0.370. The van der Waals surface area contributed by atoms with E-state index in [2.05, 4.69) is 21.4 Å². The molecule has 0 fully saturated rings. The van der Waals surface area contributed by atoms with Crippen LogP contribution in [0.1, 0.15) is 5.56 Å². The third-order valence-corrected chi connectivity index (χ3v) is 3.14. The van der Waals surface area contributed by atoms with Crippen molar-refractivity contribution in [2.75, 3.05) is 17.3 Å². The summed E-state index contributed by atoms with van der Waals surface area (Å²) in [6.07, 6.45) is 1.86. The summed E-state index contributed by atoms with van der Waals surface area (Å²) in [7, 11) is 0. The second-order valence-corrected chi connectivity index (χ2v) is 4.78. The largest absolute Gasteiger partial charge is 0.383 e. The number of nitriles is 1. The molecular formula is C12H10ClN5S. The predicted molar refractivity (Wildman–Crippen MR) is 77.7 cm³/mol. The van der Waals surface area contributed by atoms with Crippen molar-refractivity contribution in [1.29, 1.82) is 5.26 Å². The van der Waals surface area contributed by atoms with Crippen LogP contribution in [0.15, 0.2) is 29.4 Å². The van der Waals surface area contributed by atoms with Gasteiger partial charge in [0.2, 0.25) is 0 Å². The molecule has 1 aromatic heterocycles. The van der Waals surface area contributed by atoms with Crippen molar-refractivity contribution in [1.82, 2.24) is 9.97 Å². The van der Waals surface area contributed by atoms with Gasteiger partial charge < -0.3 is 11.1 Å². The van der Waals surface area contributed by atoms with E-state index in [-0.39, 0.29) is 0 Å². The zero-order chi connectivity index (χ0) is 13.8. The van der Waals surface area contributed by atoms with Crippen molar-refractivity contribution in [3.63, 3.8) is 0 Å². The summed E-state index contributed by atoms with van der Waals surface area (Å²) in [6, 6.07) is 8.62. The van der Waals surface area contributed by atoms with E-state index in [0.717, 1.165) is 0 Å². The number of nitrogens with zero attached hydrogens (tertiary/aromatic N) is 3. The first-order chi connectivity index (χ1) is 9.12. The summed E-state index contributed by atoms with van der Waals surface area (Å²) in [6.45, 7) is 0. The fourth-order valence-corrected chi connectivity index (χ4v) is 1.98. The Morgan fingerprint density at radius 2 is 2.16 bits per heavy atom. The molecule has 2 aromatic rings. The van der Waals surface area contributed by atoms with Gasteiger partial charge in [-0.3, -0.25) is 0 Å². The van der Waals surface area contributed by atoms with Crippen LogP contribution < -0.4 is 11.1 Å². The summed E-state index contributed by atoms with van der Waals surface area (Å²) in [4.78, 5) is 8.32. The van der Waals surface area contributed by atoms with E-state index >= 15 is 0 Å². The van der Waals surface area contributed by atoms with Crippen molar-refractivity contribution in [2.24, 2.45) is 0 Å². The highest BCUT2D eigenvalue weighted by Gasteiger charge is 2.06. The number of halogens is 1. The average molecular weight is 292 g/mol. The molecule has 0 aliphatic rings. The molecule has 1 heterocycles. The zero-order valence-corrected chi connectivity index (χ0v) is 11.6. The van der Waals surface area contributed by atoms with E-state index in [1.165, 1.54) is 11.8 Å². The molecular weight excluding hydrogens is 282 g/mol. The zero-order valence-electron chi connectivity index (χ0n) is 10.0. The first-order valence-electron chi connectivity index (χ1n) is 5.27. The first-order valence-corrected chi connectivity index (χ1v) is 6.88. The topological polar surface area (TPSA) is 87.6 Å². The number of hydrogen-bond donors (Lipinski definition) is 2. The van der Waals surface area contributed by atoms with Crippen LogP contribution in [0.2, 0.25) is 5.02 Å². The lowest BCUT2D eigenvalue weighted by atomic mass is 10.2. The van der Waals surface area contributed by atoms with Crippen LogP contribution >= 0.6 is 23.4 Å². The van der Waals surface area contributed by atoms with Gasteiger partial charge in [0.05, 0.1) is 22.3 Å². The lowest BCUT2D eigenvalue weighted by Gasteiger charge is -2.09. The Hall–Kier alpha value is -1.97. The number of nitrogen functional groups attached to an aromatic ring is 1. The van der Waals surface area contributed by atoms with Gasteiger partial charge >= 0.3 is 0 Å². The van der Waals surface area contributed by atoms with Gasteiger partial charge in [0.25, 0.3) is 0 Å². The Balaban J connectivity index is 2.36. The maximum absolute atomic E-state index is 8.88. The molecule has 0 bridgehead atoms. The molecule has 0 spiro atoms. The van der Waals surface area contributed by atoms with Gasteiger partial charge in [0, 0.05) is 6.07 Å². The maximum atomic E-state index is 8.88. The lowest BCUT2D eigenvalue weighted by molar-refractivity contribution is 0.984. The summed E-state index contributed by atoms with van der Waals surface area (Å²) >= 11 is 7.46. The van der Waals surface area contributed by atoms with E-state index in [1.807, 2.05) is 6.26 Å². The minimum atomic E-state index is 0.370. The standard InChI is InChI=1S/C12H10ClN5S/c1-19-12-17-10(15)5-11(18-12)16-9-4-7(6-14)2-3-8(9)13/h2-5H,1H3,(H3,15,16,17,18). The summed E-state index contributed by atoms with van der Waals surface area (Å²) in [5.41, 5.74) is 6.81. The molecule has 0 saturated carbocycles. The molecule has 0 saturated heterocycles. The molecule has 5 nitrogen and oxygen atoms in total. The van der Waals surface area contributed by atoms with E-state index in [9.17, 15) is 0 Å². The summed E-state index contributed by atoms with van der Waals surface area (Å²) < 4.78 is 0. The third-order valence-electron chi connectivity index (χ3n) is 2.27. The van der Waals surface area contributed by atoms with Crippen LogP contribution in [-0.4, -0.2) is 16.2 Å². The molecule has 0 aliphatic heterocycles. The molecule has 3 N–H and O–H groups in total. The van der Waals surface area contributed by atoms with Crippen LogP contribution in [-0.2, 0) is 0 Å². The molecule has 96 valence electrons. The average Bonchev–Trinajstić information content (AvgIpc) is 2.40. The predicted octanol–water partition coefficient (Wildman–Crippen LogP) is 3.05. The first kappa shape index (κ1) is 13.5. The molecule has 0 radical (unpaired) electrons. The molecule has 0 unspecified atom stereocenters. The summed E-state index contributed by atoms with van der Waals surface area (Å²) in [5.74, 6) is 0.906. The van der Waals surface area contributed by atoms with Gasteiger partial charge in [-0.15, -0.1) is 0 Å². The molecule has 0 atom stereocenters. The van der Waals surface area contributed by atoms with Gasteiger partial charge in [-0.2, -0.15) is 5.26 Å². The molecule has 7 heteroatoms. The van der Waals surface area contributed by atoms with Crippen molar-refractivity contribution < 1.29 is 0 Å². The fraction of sp³-hybridized carbons (Fsp3) is 0.0833. The highest BCUT2D eigenvalue weighted by atomic mass is 35.5. The van der Waals surface area contributed by atoms with Crippen LogP contribution in [0.25, 0.3) is 0 Å². The summed E-state index contributed by atoms with van der Waals surface area (Å²) in [5, 5.41) is 13.0. The van der Waals surface area contributed by atoms with Gasteiger partial charge in [-0.1, -0.05) is 23.4 Å². The Bertz CT molecular complexity index is 653.